The predicted molar refractivity (Wildman–Crippen MR) is 73.8 cm³/mol. The Balaban J connectivity index is 3.13. The van der Waals surface area contributed by atoms with Crippen LogP contribution in [0.1, 0.15) is 39.7 Å². The molecule has 0 aliphatic carbocycles. The standard InChI is InChI=1S/C13H24N4/c1-5-9-11-12(14-6-2)15-10-16-13(11)17(7-3)8-4/h10H,5-9H2,1-4H3,(H,14,15,16). The molecule has 1 aromatic heterocycles. The van der Waals surface area contributed by atoms with Crippen molar-refractivity contribution in [2.45, 2.75) is 40.5 Å². The Morgan fingerprint density at radius 3 is 2.35 bits per heavy atom. The molecule has 0 saturated carbocycles. The molecule has 1 N–H and O–H groups in total. The molecular formula is C13H24N4. The van der Waals surface area contributed by atoms with Crippen molar-refractivity contribution < 1.29 is 0 Å². The Kier molecular flexibility index (Phi) is 5.73. The average Bonchev–Trinajstić information content (AvgIpc) is 2.34. The Labute approximate surface area is 104 Å². The fraction of sp³-hybridized carbons (Fsp3) is 0.692. The lowest BCUT2D eigenvalue weighted by Crippen LogP contribution is -2.25. The monoisotopic (exact) mass is 236 g/mol. The molecule has 0 bridgehead atoms. The lowest BCUT2D eigenvalue weighted by molar-refractivity contribution is 0.812. The van der Waals surface area contributed by atoms with Crippen molar-refractivity contribution in [2.24, 2.45) is 0 Å². The Morgan fingerprint density at radius 1 is 1.12 bits per heavy atom. The van der Waals surface area contributed by atoms with E-state index in [1.165, 1.54) is 5.56 Å². The molecule has 1 heterocycles. The summed E-state index contributed by atoms with van der Waals surface area (Å²) < 4.78 is 0. The summed E-state index contributed by atoms with van der Waals surface area (Å²) in [4.78, 5) is 11.1. The summed E-state index contributed by atoms with van der Waals surface area (Å²) in [5.74, 6) is 2.08. The number of nitrogens with one attached hydrogen (secondary N) is 1. The molecule has 0 saturated heterocycles. The lowest BCUT2D eigenvalue weighted by atomic mass is 10.1. The molecule has 0 spiro atoms. The first-order chi connectivity index (χ1) is 8.28. The largest absolute Gasteiger partial charge is 0.370 e. The van der Waals surface area contributed by atoms with E-state index in [1.54, 1.807) is 6.33 Å². The summed E-state index contributed by atoms with van der Waals surface area (Å²) in [7, 11) is 0. The highest BCUT2D eigenvalue weighted by Crippen LogP contribution is 2.24. The second-order valence-corrected chi connectivity index (χ2v) is 3.98. The van der Waals surface area contributed by atoms with Crippen molar-refractivity contribution in [3.63, 3.8) is 0 Å². The topological polar surface area (TPSA) is 41.1 Å². The highest BCUT2D eigenvalue weighted by Gasteiger charge is 2.14. The fourth-order valence-corrected chi connectivity index (χ4v) is 2.00. The van der Waals surface area contributed by atoms with Gasteiger partial charge in [-0.15, -0.1) is 0 Å². The van der Waals surface area contributed by atoms with Crippen LogP contribution in [0.4, 0.5) is 11.6 Å². The van der Waals surface area contributed by atoms with Crippen molar-refractivity contribution >= 4 is 11.6 Å². The molecule has 0 atom stereocenters. The van der Waals surface area contributed by atoms with Gasteiger partial charge in [0.15, 0.2) is 0 Å². The van der Waals surface area contributed by atoms with Crippen LogP contribution in [0.15, 0.2) is 6.33 Å². The van der Waals surface area contributed by atoms with Crippen LogP contribution in [0.25, 0.3) is 0 Å². The first-order valence-electron chi connectivity index (χ1n) is 6.61. The predicted octanol–water partition coefficient (Wildman–Crippen LogP) is 2.71. The highest BCUT2D eigenvalue weighted by atomic mass is 15.2. The van der Waals surface area contributed by atoms with E-state index in [1.807, 2.05) is 0 Å². The van der Waals surface area contributed by atoms with Crippen LogP contribution < -0.4 is 10.2 Å². The van der Waals surface area contributed by atoms with Gasteiger partial charge in [0, 0.05) is 25.2 Å². The van der Waals surface area contributed by atoms with E-state index < -0.39 is 0 Å². The molecule has 0 aliphatic heterocycles. The van der Waals surface area contributed by atoms with Crippen LogP contribution in [0, 0.1) is 0 Å². The first-order valence-corrected chi connectivity index (χ1v) is 6.61. The smallest absolute Gasteiger partial charge is 0.137 e. The van der Waals surface area contributed by atoms with Crippen molar-refractivity contribution in [1.29, 1.82) is 0 Å². The molecule has 4 nitrogen and oxygen atoms in total. The minimum atomic E-state index is 0.894. The molecule has 1 aromatic rings. The van der Waals surface area contributed by atoms with Crippen LogP contribution in [-0.4, -0.2) is 29.6 Å². The van der Waals surface area contributed by atoms with E-state index in [2.05, 4.69) is 47.9 Å². The Hall–Kier alpha value is -1.32. The maximum Gasteiger partial charge on any atom is 0.137 e. The van der Waals surface area contributed by atoms with Crippen molar-refractivity contribution in [3.8, 4) is 0 Å². The quantitative estimate of drug-likeness (QED) is 0.790. The van der Waals surface area contributed by atoms with E-state index in [9.17, 15) is 0 Å². The molecule has 0 unspecified atom stereocenters. The zero-order chi connectivity index (χ0) is 12.7. The number of hydrogen-bond acceptors (Lipinski definition) is 4. The maximum absolute atomic E-state index is 4.46. The van der Waals surface area contributed by atoms with E-state index in [0.717, 1.165) is 44.1 Å². The molecule has 0 aliphatic rings. The summed E-state index contributed by atoms with van der Waals surface area (Å²) in [5.41, 5.74) is 1.25. The van der Waals surface area contributed by atoms with Crippen LogP contribution >= 0.6 is 0 Å². The number of aromatic nitrogens is 2. The number of rotatable bonds is 7. The van der Waals surface area contributed by atoms with Crippen molar-refractivity contribution in [1.82, 2.24) is 9.97 Å². The van der Waals surface area contributed by atoms with Gasteiger partial charge in [0.1, 0.15) is 18.0 Å². The van der Waals surface area contributed by atoms with Crippen LogP contribution in [0.2, 0.25) is 0 Å². The number of hydrogen-bond donors (Lipinski definition) is 1. The van der Waals surface area contributed by atoms with E-state index in [4.69, 9.17) is 0 Å². The second-order valence-electron chi connectivity index (χ2n) is 3.98. The van der Waals surface area contributed by atoms with Gasteiger partial charge in [-0.05, 0) is 27.2 Å². The van der Waals surface area contributed by atoms with Gasteiger partial charge in [0.25, 0.3) is 0 Å². The molecule has 0 fully saturated rings. The zero-order valence-corrected chi connectivity index (χ0v) is 11.5. The van der Waals surface area contributed by atoms with Gasteiger partial charge in [0.05, 0.1) is 0 Å². The summed E-state index contributed by atoms with van der Waals surface area (Å²) in [6.07, 6.45) is 3.79. The third-order valence-electron chi connectivity index (χ3n) is 2.83. The third kappa shape index (κ3) is 3.32. The van der Waals surface area contributed by atoms with E-state index >= 15 is 0 Å². The summed E-state index contributed by atoms with van der Waals surface area (Å²) >= 11 is 0. The van der Waals surface area contributed by atoms with Crippen molar-refractivity contribution in [2.75, 3.05) is 29.9 Å². The molecule has 96 valence electrons. The summed E-state index contributed by atoms with van der Waals surface area (Å²) in [6, 6.07) is 0. The summed E-state index contributed by atoms with van der Waals surface area (Å²) in [6.45, 7) is 11.5. The average molecular weight is 236 g/mol. The Morgan fingerprint density at radius 2 is 1.82 bits per heavy atom. The first kappa shape index (κ1) is 13.7. The highest BCUT2D eigenvalue weighted by molar-refractivity contribution is 5.58. The zero-order valence-electron chi connectivity index (χ0n) is 11.5. The molecule has 0 aromatic carbocycles. The van der Waals surface area contributed by atoms with E-state index in [0.29, 0.717) is 0 Å². The van der Waals surface area contributed by atoms with Crippen LogP contribution in [-0.2, 0) is 6.42 Å². The maximum atomic E-state index is 4.46. The van der Waals surface area contributed by atoms with Gasteiger partial charge in [-0.3, -0.25) is 0 Å². The van der Waals surface area contributed by atoms with Gasteiger partial charge in [-0.2, -0.15) is 0 Å². The molecule has 4 heteroatoms. The summed E-state index contributed by atoms with van der Waals surface area (Å²) in [5, 5.41) is 3.33. The number of nitrogens with zero attached hydrogens (tertiary/aromatic N) is 3. The molecule has 1 rings (SSSR count). The van der Waals surface area contributed by atoms with Gasteiger partial charge in [-0.1, -0.05) is 13.3 Å². The number of anilines is 2. The molecule has 0 radical (unpaired) electrons. The molecule has 0 amide bonds. The van der Waals surface area contributed by atoms with Crippen LogP contribution in [0.3, 0.4) is 0 Å². The molecule has 17 heavy (non-hydrogen) atoms. The van der Waals surface area contributed by atoms with Gasteiger partial charge in [0.2, 0.25) is 0 Å². The minimum absolute atomic E-state index is 0.894. The normalized spacial score (nSPS) is 10.4. The van der Waals surface area contributed by atoms with E-state index in [-0.39, 0.29) is 0 Å². The van der Waals surface area contributed by atoms with Crippen molar-refractivity contribution in [3.05, 3.63) is 11.9 Å². The second kappa shape index (κ2) is 7.09. The van der Waals surface area contributed by atoms with Gasteiger partial charge in [-0.25, -0.2) is 9.97 Å². The third-order valence-corrected chi connectivity index (χ3v) is 2.83. The van der Waals surface area contributed by atoms with Gasteiger partial charge >= 0.3 is 0 Å². The SMILES string of the molecule is CCCc1c(NCC)ncnc1N(CC)CC. The van der Waals surface area contributed by atoms with Gasteiger partial charge < -0.3 is 10.2 Å². The van der Waals surface area contributed by atoms with Crippen LogP contribution in [0.5, 0.6) is 0 Å². The molecular weight excluding hydrogens is 212 g/mol. The minimum Gasteiger partial charge on any atom is -0.370 e. The fourth-order valence-electron chi connectivity index (χ4n) is 2.00. The lowest BCUT2D eigenvalue weighted by Gasteiger charge is -2.23. The Bertz CT molecular complexity index is 334.